The van der Waals surface area contributed by atoms with Crippen molar-refractivity contribution >= 4 is 33.4 Å². The number of nitrogens with zero attached hydrogens (tertiary/aromatic N) is 2. The Morgan fingerprint density at radius 2 is 2.17 bits per heavy atom. The van der Waals surface area contributed by atoms with E-state index in [0.717, 1.165) is 36.2 Å². The van der Waals surface area contributed by atoms with Crippen LogP contribution in [0.25, 0.3) is 10.2 Å². The zero-order valence-corrected chi connectivity index (χ0v) is 13.9. The van der Waals surface area contributed by atoms with Gasteiger partial charge in [0.25, 0.3) is 0 Å². The number of amides is 2. The Balaban J connectivity index is 1.39. The fraction of sp³-hybridized carbons (Fsp3) is 0.471. The van der Waals surface area contributed by atoms with Gasteiger partial charge < -0.3 is 10.2 Å². The fourth-order valence-corrected chi connectivity index (χ4v) is 3.76. The van der Waals surface area contributed by atoms with Gasteiger partial charge in [-0.3, -0.25) is 9.59 Å². The second kappa shape index (κ2) is 7.55. The van der Waals surface area contributed by atoms with E-state index in [0.29, 0.717) is 19.5 Å². The number of carbonyl (C=O) groups excluding carboxylic acids is 2. The van der Waals surface area contributed by atoms with Gasteiger partial charge in [0.15, 0.2) is 0 Å². The molecule has 5 nitrogen and oxygen atoms in total. The Bertz CT molecular complexity index is 665. The zero-order valence-electron chi connectivity index (χ0n) is 13.1. The summed E-state index contributed by atoms with van der Waals surface area (Å²) < 4.78 is 1.20. The van der Waals surface area contributed by atoms with Gasteiger partial charge >= 0.3 is 0 Å². The van der Waals surface area contributed by atoms with Crippen molar-refractivity contribution in [3.05, 3.63) is 29.3 Å². The molecule has 1 aliphatic rings. The first-order chi connectivity index (χ1) is 11.2. The number of thiazole rings is 1. The minimum absolute atomic E-state index is 0.0652. The third kappa shape index (κ3) is 4.28. The van der Waals surface area contributed by atoms with Crippen LogP contribution in [0.4, 0.5) is 0 Å². The Labute approximate surface area is 139 Å². The second-order valence-corrected chi connectivity index (χ2v) is 6.92. The lowest BCUT2D eigenvalue weighted by Gasteiger charge is -2.25. The minimum atomic E-state index is -0.0652. The summed E-state index contributed by atoms with van der Waals surface area (Å²) in [4.78, 5) is 29.8. The molecule has 0 bridgehead atoms. The third-order valence-corrected chi connectivity index (χ3v) is 5.08. The Morgan fingerprint density at radius 1 is 1.30 bits per heavy atom. The summed E-state index contributed by atoms with van der Waals surface area (Å²) in [5, 5.41) is 4.00. The van der Waals surface area contributed by atoms with E-state index in [4.69, 9.17) is 0 Å². The number of nitrogens with one attached hydrogen (secondary N) is 1. The molecule has 23 heavy (non-hydrogen) atoms. The van der Waals surface area contributed by atoms with Crippen molar-refractivity contribution in [3.63, 3.8) is 0 Å². The number of aromatic nitrogens is 1. The van der Waals surface area contributed by atoms with Gasteiger partial charge in [-0.15, -0.1) is 11.3 Å². The molecule has 0 aliphatic carbocycles. The van der Waals surface area contributed by atoms with E-state index in [1.165, 1.54) is 4.70 Å². The van der Waals surface area contributed by atoms with Crippen LogP contribution in [-0.4, -0.2) is 41.3 Å². The topological polar surface area (TPSA) is 62.3 Å². The highest BCUT2D eigenvalue weighted by atomic mass is 32.1. The quantitative estimate of drug-likeness (QED) is 0.827. The van der Waals surface area contributed by atoms with E-state index in [2.05, 4.69) is 16.4 Å². The van der Waals surface area contributed by atoms with Crippen LogP contribution in [0.5, 0.6) is 0 Å². The number of carbonyl (C=O) groups is 2. The summed E-state index contributed by atoms with van der Waals surface area (Å²) in [7, 11) is 0. The number of hydrogen-bond acceptors (Lipinski definition) is 4. The SMILES string of the molecule is O=C(CN1CCCCC1=O)NCCCc1nc2ccccc2s1. The zero-order chi connectivity index (χ0) is 16.1. The van der Waals surface area contributed by atoms with Crippen molar-refractivity contribution < 1.29 is 9.59 Å². The highest BCUT2D eigenvalue weighted by Gasteiger charge is 2.19. The molecule has 1 N–H and O–H groups in total. The molecule has 2 amide bonds. The molecule has 2 aromatic rings. The first-order valence-electron chi connectivity index (χ1n) is 8.11. The van der Waals surface area contributed by atoms with E-state index in [-0.39, 0.29) is 18.4 Å². The van der Waals surface area contributed by atoms with E-state index in [1.54, 1.807) is 16.2 Å². The highest BCUT2D eigenvalue weighted by Crippen LogP contribution is 2.22. The molecule has 2 heterocycles. The lowest BCUT2D eigenvalue weighted by Crippen LogP contribution is -2.43. The highest BCUT2D eigenvalue weighted by molar-refractivity contribution is 7.18. The molecule has 0 unspecified atom stereocenters. The van der Waals surface area contributed by atoms with Crippen LogP contribution in [0.1, 0.15) is 30.7 Å². The monoisotopic (exact) mass is 331 g/mol. The fourth-order valence-electron chi connectivity index (χ4n) is 2.75. The van der Waals surface area contributed by atoms with Crippen LogP contribution in [0.2, 0.25) is 0 Å². The molecule has 1 aromatic carbocycles. The average Bonchev–Trinajstić information content (AvgIpc) is 2.96. The van der Waals surface area contributed by atoms with Gasteiger partial charge in [0.05, 0.1) is 21.8 Å². The molecule has 0 saturated carbocycles. The van der Waals surface area contributed by atoms with Crippen molar-refractivity contribution in [1.29, 1.82) is 0 Å². The smallest absolute Gasteiger partial charge is 0.239 e. The molecule has 1 saturated heterocycles. The molecule has 6 heteroatoms. The first kappa shape index (κ1) is 15.9. The van der Waals surface area contributed by atoms with Gasteiger partial charge in [-0.25, -0.2) is 4.98 Å². The third-order valence-electron chi connectivity index (χ3n) is 3.98. The van der Waals surface area contributed by atoms with E-state index in [9.17, 15) is 9.59 Å². The van der Waals surface area contributed by atoms with Crippen LogP contribution >= 0.6 is 11.3 Å². The largest absolute Gasteiger partial charge is 0.355 e. The van der Waals surface area contributed by atoms with Crippen molar-refractivity contribution in [1.82, 2.24) is 15.2 Å². The molecule has 0 spiro atoms. The van der Waals surface area contributed by atoms with E-state index >= 15 is 0 Å². The van der Waals surface area contributed by atoms with Gasteiger partial charge in [-0.2, -0.15) is 0 Å². The van der Waals surface area contributed by atoms with Crippen molar-refractivity contribution in [2.24, 2.45) is 0 Å². The van der Waals surface area contributed by atoms with Gasteiger partial charge in [0, 0.05) is 25.9 Å². The van der Waals surface area contributed by atoms with Crippen LogP contribution in [0, 0.1) is 0 Å². The number of para-hydroxylation sites is 1. The molecule has 1 fully saturated rings. The Morgan fingerprint density at radius 3 is 3.00 bits per heavy atom. The van der Waals surface area contributed by atoms with Crippen LogP contribution in [0.15, 0.2) is 24.3 Å². The first-order valence-corrected chi connectivity index (χ1v) is 8.93. The normalized spacial score (nSPS) is 15.1. The van der Waals surface area contributed by atoms with Gasteiger partial charge in [-0.1, -0.05) is 12.1 Å². The molecule has 0 atom stereocenters. The molecule has 122 valence electrons. The molecule has 3 rings (SSSR count). The van der Waals surface area contributed by atoms with E-state index < -0.39 is 0 Å². The predicted molar refractivity (Wildman–Crippen MR) is 91.4 cm³/mol. The maximum absolute atomic E-state index is 11.9. The number of rotatable bonds is 6. The maximum atomic E-state index is 11.9. The molecule has 1 aliphatic heterocycles. The van der Waals surface area contributed by atoms with Gasteiger partial charge in [0.2, 0.25) is 11.8 Å². The lowest BCUT2D eigenvalue weighted by atomic mass is 10.1. The molecular weight excluding hydrogens is 310 g/mol. The summed E-state index contributed by atoms with van der Waals surface area (Å²) in [5.41, 5.74) is 1.04. The Kier molecular flexibility index (Phi) is 5.23. The predicted octanol–water partition coefficient (Wildman–Crippen LogP) is 2.36. The second-order valence-electron chi connectivity index (χ2n) is 5.80. The van der Waals surface area contributed by atoms with Crippen LogP contribution in [0.3, 0.4) is 0 Å². The van der Waals surface area contributed by atoms with Crippen molar-refractivity contribution in [3.8, 4) is 0 Å². The number of aryl methyl sites for hydroxylation is 1. The van der Waals surface area contributed by atoms with Gasteiger partial charge in [0.1, 0.15) is 0 Å². The summed E-state index contributed by atoms with van der Waals surface area (Å²) in [5.74, 6) is 0.0328. The molecule has 0 radical (unpaired) electrons. The maximum Gasteiger partial charge on any atom is 0.239 e. The molecule has 1 aromatic heterocycles. The standard InChI is InChI=1S/C17H21N3O2S/c21-15(12-20-11-4-3-9-17(20)22)18-10-5-8-16-19-13-6-1-2-7-14(13)23-16/h1-2,6-7H,3-5,8-12H2,(H,18,21). The molecular formula is C17H21N3O2S. The van der Waals surface area contributed by atoms with Crippen LogP contribution < -0.4 is 5.32 Å². The summed E-state index contributed by atoms with van der Waals surface area (Å²) in [6.07, 6.45) is 4.24. The van der Waals surface area contributed by atoms with Crippen molar-refractivity contribution in [2.75, 3.05) is 19.6 Å². The van der Waals surface area contributed by atoms with Crippen molar-refractivity contribution in [2.45, 2.75) is 32.1 Å². The summed E-state index contributed by atoms with van der Waals surface area (Å²) in [6.45, 7) is 1.52. The number of piperidine rings is 1. The number of likely N-dealkylation sites (tertiary alicyclic amines) is 1. The average molecular weight is 331 g/mol. The number of fused-ring (bicyclic) bond motifs is 1. The minimum Gasteiger partial charge on any atom is -0.355 e. The van der Waals surface area contributed by atoms with E-state index in [1.807, 2.05) is 18.2 Å². The summed E-state index contributed by atoms with van der Waals surface area (Å²) in [6, 6.07) is 8.11. The Hall–Kier alpha value is -1.95. The summed E-state index contributed by atoms with van der Waals surface area (Å²) >= 11 is 1.71. The van der Waals surface area contributed by atoms with Gasteiger partial charge in [-0.05, 0) is 31.4 Å². The number of hydrogen-bond donors (Lipinski definition) is 1. The lowest BCUT2D eigenvalue weighted by molar-refractivity contribution is -0.137. The van der Waals surface area contributed by atoms with Crippen LogP contribution in [-0.2, 0) is 16.0 Å². The number of benzene rings is 1.